The highest BCUT2D eigenvalue weighted by atomic mass is 19.1. The molecule has 29 heavy (non-hydrogen) atoms. The number of nitrogens with one attached hydrogen (secondary N) is 1. The molecule has 0 fully saturated rings. The first-order valence-electron chi connectivity index (χ1n) is 10.1. The van der Waals surface area contributed by atoms with Crippen molar-refractivity contribution >= 4 is 11.4 Å². The number of fused-ring (bicyclic) bond motifs is 1. The molecule has 0 aromatic carbocycles. The number of aromatic nitrogens is 3. The molecule has 1 aliphatic carbocycles. The average Bonchev–Trinajstić information content (AvgIpc) is 2.84. The minimum absolute atomic E-state index is 0.343. The summed E-state index contributed by atoms with van der Waals surface area (Å²) in [5.74, 6) is 1.14. The quantitative estimate of drug-likeness (QED) is 0.745. The number of methoxy groups -OCH3 is 1. The first-order chi connectivity index (χ1) is 13.8. The van der Waals surface area contributed by atoms with Crippen LogP contribution in [0.25, 0.3) is 16.8 Å². The molecule has 0 radical (unpaired) electrons. The summed E-state index contributed by atoms with van der Waals surface area (Å²) in [4.78, 5) is 14.6. The average molecular weight is 399 g/mol. The largest absolute Gasteiger partial charge is 0.384 e. The molecular weight excluding hydrogens is 367 g/mol. The molecular formula is C23H31FN4O. The van der Waals surface area contributed by atoms with E-state index in [4.69, 9.17) is 19.7 Å². The number of anilines is 1. The minimum Gasteiger partial charge on any atom is -0.384 e. The van der Waals surface area contributed by atoms with Gasteiger partial charge in [-0.2, -0.15) is 0 Å². The fourth-order valence-corrected chi connectivity index (χ4v) is 3.89. The van der Waals surface area contributed by atoms with E-state index in [1.807, 2.05) is 27.0 Å². The Hall–Kier alpha value is -2.34. The third kappa shape index (κ3) is 4.17. The summed E-state index contributed by atoms with van der Waals surface area (Å²) in [5.41, 5.74) is 5.70. The predicted molar refractivity (Wildman–Crippen MR) is 116 cm³/mol. The van der Waals surface area contributed by atoms with E-state index in [1.165, 1.54) is 0 Å². The van der Waals surface area contributed by atoms with Crippen LogP contribution in [0.15, 0.2) is 18.2 Å². The number of rotatable bonds is 6. The highest BCUT2D eigenvalue weighted by Crippen LogP contribution is 2.37. The van der Waals surface area contributed by atoms with E-state index in [9.17, 15) is 4.39 Å². The first kappa shape index (κ1) is 21.4. The van der Waals surface area contributed by atoms with Gasteiger partial charge in [0.1, 0.15) is 5.82 Å². The summed E-state index contributed by atoms with van der Waals surface area (Å²) < 4.78 is 19.3. The number of allylic oxidation sites excluding steroid dienone is 2. The van der Waals surface area contributed by atoms with Crippen LogP contribution in [0.2, 0.25) is 0 Å². The number of halogens is 1. The van der Waals surface area contributed by atoms with Crippen LogP contribution in [0.4, 0.5) is 10.2 Å². The molecule has 0 aliphatic heterocycles. The Kier molecular flexibility index (Phi) is 6.32. The normalized spacial score (nSPS) is 19.0. The summed E-state index contributed by atoms with van der Waals surface area (Å²) in [6.07, 6.45) is 3.19. The van der Waals surface area contributed by atoms with Crippen molar-refractivity contribution in [2.24, 2.45) is 5.41 Å². The molecule has 5 nitrogen and oxygen atoms in total. The first-order valence-corrected chi connectivity index (χ1v) is 10.1. The number of pyridine rings is 1. The van der Waals surface area contributed by atoms with E-state index in [2.05, 4.69) is 31.3 Å². The number of alkyl halides is 1. The molecule has 0 saturated carbocycles. The van der Waals surface area contributed by atoms with Gasteiger partial charge in [0.2, 0.25) is 0 Å². The van der Waals surface area contributed by atoms with Crippen LogP contribution in [0.3, 0.4) is 0 Å². The van der Waals surface area contributed by atoms with Crippen molar-refractivity contribution in [2.75, 3.05) is 32.8 Å². The topological polar surface area (TPSA) is 59.9 Å². The van der Waals surface area contributed by atoms with E-state index >= 15 is 0 Å². The molecule has 156 valence electrons. The van der Waals surface area contributed by atoms with Gasteiger partial charge in [-0.3, -0.25) is 9.37 Å². The Bertz CT molecular complexity index is 925. The maximum absolute atomic E-state index is 14.0. The van der Waals surface area contributed by atoms with Crippen LogP contribution < -0.4 is 5.32 Å². The summed E-state index contributed by atoms with van der Waals surface area (Å²) in [6, 6.07) is 4.10. The van der Waals surface area contributed by atoms with Gasteiger partial charge in [-0.1, -0.05) is 19.9 Å². The van der Waals surface area contributed by atoms with Crippen molar-refractivity contribution in [1.29, 1.82) is 0 Å². The SMILES string of the molecule is CNc1nc(C(C)C)ccc1-c1nc2c(nc1C)CC(CF)(COC)CC=C2C. The van der Waals surface area contributed by atoms with Crippen LogP contribution in [0, 0.1) is 12.3 Å². The van der Waals surface area contributed by atoms with E-state index in [0.717, 1.165) is 45.4 Å². The van der Waals surface area contributed by atoms with E-state index in [1.54, 1.807) is 7.11 Å². The number of ether oxygens (including phenoxy) is 1. The molecule has 1 unspecified atom stereocenters. The summed E-state index contributed by atoms with van der Waals surface area (Å²) in [5, 5.41) is 3.20. The van der Waals surface area contributed by atoms with Crippen molar-refractivity contribution < 1.29 is 9.13 Å². The maximum atomic E-state index is 14.0. The van der Waals surface area contributed by atoms with Crippen LogP contribution >= 0.6 is 0 Å². The summed E-state index contributed by atoms with van der Waals surface area (Å²) in [6.45, 7) is 8.14. The van der Waals surface area contributed by atoms with Gasteiger partial charge in [0.15, 0.2) is 0 Å². The monoisotopic (exact) mass is 398 g/mol. The fourth-order valence-electron chi connectivity index (χ4n) is 3.89. The van der Waals surface area contributed by atoms with Gasteiger partial charge in [0, 0.05) is 37.3 Å². The lowest BCUT2D eigenvalue weighted by molar-refractivity contribution is 0.0594. The van der Waals surface area contributed by atoms with Gasteiger partial charge >= 0.3 is 0 Å². The van der Waals surface area contributed by atoms with E-state index in [0.29, 0.717) is 25.4 Å². The minimum atomic E-state index is -0.583. The molecule has 2 aromatic heterocycles. The van der Waals surface area contributed by atoms with Crippen molar-refractivity contribution in [1.82, 2.24) is 15.0 Å². The summed E-state index contributed by atoms with van der Waals surface area (Å²) >= 11 is 0. The second kappa shape index (κ2) is 8.57. The molecule has 2 aromatic rings. The Balaban J connectivity index is 2.12. The Labute approximate surface area is 172 Å². The second-order valence-corrected chi connectivity index (χ2v) is 8.32. The van der Waals surface area contributed by atoms with Crippen LogP contribution in [-0.4, -0.2) is 42.4 Å². The number of nitrogens with zero attached hydrogens (tertiary/aromatic N) is 3. The third-order valence-corrected chi connectivity index (χ3v) is 5.63. The van der Waals surface area contributed by atoms with Crippen LogP contribution in [-0.2, 0) is 11.2 Å². The van der Waals surface area contributed by atoms with Gasteiger partial charge in [-0.05, 0) is 43.9 Å². The van der Waals surface area contributed by atoms with Crippen molar-refractivity contribution in [3.63, 3.8) is 0 Å². The zero-order valence-electron chi connectivity index (χ0n) is 18.3. The van der Waals surface area contributed by atoms with Gasteiger partial charge in [0.25, 0.3) is 0 Å². The molecule has 1 N–H and O–H groups in total. The van der Waals surface area contributed by atoms with Crippen LogP contribution in [0.5, 0.6) is 0 Å². The number of aryl methyl sites for hydroxylation is 1. The zero-order valence-corrected chi connectivity index (χ0v) is 18.3. The Morgan fingerprint density at radius 3 is 2.55 bits per heavy atom. The highest BCUT2D eigenvalue weighted by Gasteiger charge is 2.34. The van der Waals surface area contributed by atoms with Crippen molar-refractivity contribution in [3.8, 4) is 11.3 Å². The summed E-state index contributed by atoms with van der Waals surface area (Å²) in [7, 11) is 3.49. The van der Waals surface area contributed by atoms with Crippen molar-refractivity contribution in [3.05, 3.63) is 41.0 Å². The van der Waals surface area contributed by atoms with Crippen molar-refractivity contribution in [2.45, 2.75) is 46.5 Å². The van der Waals surface area contributed by atoms with E-state index < -0.39 is 12.1 Å². The molecule has 0 spiro atoms. The lowest BCUT2D eigenvalue weighted by atomic mass is 9.82. The fraction of sp³-hybridized carbons (Fsp3) is 0.522. The lowest BCUT2D eigenvalue weighted by Gasteiger charge is -2.28. The second-order valence-electron chi connectivity index (χ2n) is 8.32. The highest BCUT2D eigenvalue weighted by molar-refractivity contribution is 5.76. The lowest BCUT2D eigenvalue weighted by Crippen LogP contribution is -2.31. The standard InChI is InChI=1S/C23H31FN4O/c1-14(2)18-8-7-17(22(25-5)27-18)21-16(4)26-19-11-23(12-24,13-29-6)10-9-15(3)20(19)28-21/h7-9,14H,10-13H2,1-6H3,(H,25,27). The van der Waals surface area contributed by atoms with E-state index in [-0.39, 0.29) is 0 Å². The third-order valence-electron chi connectivity index (χ3n) is 5.63. The zero-order chi connectivity index (χ0) is 21.2. The number of hydrogen-bond donors (Lipinski definition) is 1. The molecule has 2 heterocycles. The molecule has 3 rings (SSSR count). The molecule has 6 heteroatoms. The predicted octanol–water partition coefficient (Wildman–Crippen LogP) is 4.96. The van der Waals surface area contributed by atoms with Gasteiger partial charge in [-0.15, -0.1) is 0 Å². The smallest absolute Gasteiger partial charge is 0.135 e. The Morgan fingerprint density at radius 1 is 1.17 bits per heavy atom. The molecule has 1 atom stereocenters. The Morgan fingerprint density at radius 2 is 1.93 bits per heavy atom. The van der Waals surface area contributed by atoms with Gasteiger partial charge in [0.05, 0.1) is 36.1 Å². The number of hydrogen-bond acceptors (Lipinski definition) is 5. The van der Waals surface area contributed by atoms with Crippen LogP contribution in [0.1, 0.15) is 55.9 Å². The molecule has 0 saturated heterocycles. The van der Waals surface area contributed by atoms with Gasteiger partial charge in [-0.25, -0.2) is 9.97 Å². The van der Waals surface area contributed by atoms with Gasteiger partial charge < -0.3 is 10.1 Å². The molecule has 0 amide bonds. The maximum Gasteiger partial charge on any atom is 0.135 e. The molecule has 0 bridgehead atoms. The molecule has 1 aliphatic rings.